The Morgan fingerprint density at radius 3 is 2.54 bits per heavy atom. The van der Waals surface area contributed by atoms with E-state index in [0.29, 0.717) is 38.2 Å². The summed E-state index contributed by atoms with van der Waals surface area (Å²) in [5.74, 6) is 0.0154. The van der Waals surface area contributed by atoms with Gasteiger partial charge in [-0.25, -0.2) is 0 Å². The molecular formula is C18H31NO5. The first-order valence-corrected chi connectivity index (χ1v) is 9.03. The van der Waals surface area contributed by atoms with Crippen molar-refractivity contribution >= 4 is 11.9 Å². The van der Waals surface area contributed by atoms with Gasteiger partial charge in [-0.2, -0.15) is 0 Å². The van der Waals surface area contributed by atoms with Crippen LogP contribution in [0.5, 0.6) is 0 Å². The molecule has 1 aliphatic carbocycles. The Labute approximate surface area is 144 Å². The van der Waals surface area contributed by atoms with Gasteiger partial charge in [0.05, 0.1) is 19.0 Å². The van der Waals surface area contributed by atoms with E-state index in [1.807, 2.05) is 0 Å². The lowest BCUT2D eigenvalue weighted by molar-refractivity contribution is -0.146. The molecule has 2 N–H and O–H groups in total. The quantitative estimate of drug-likeness (QED) is 0.419. The van der Waals surface area contributed by atoms with E-state index in [2.05, 4.69) is 5.32 Å². The molecule has 138 valence electrons. The van der Waals surface area contributed by atoms with Gasteiger partial charge < -0.3 is 19.9 Å². The standard InChI is InChI=1S/C18H31NO5/c1-3-23-17(21)10-8-6-5-7-9-16(18(22)24-4-2)19-14-11-12-15(20)13-14/h12,14,16,19-20H,3-11,13H2,1-2H3. The van der Waals surface area contributed by atoms with Crippen molar-refractivity contribution in [1.29, 1.82) is 0 Å². The summed E-state index contributed by atoms with van der Waals surface area (Å²) in [6.45, 7) is 4.40. The van der Waals surface area contributed by atoms with Gasteiger partial charge in [0.15, 0.2) is 0 Å². The van der Waals surface area contributed by atoms with Crippen LogP contribution in [0.15, 0.2) is 11.8 Å². The van der Waals surface area contributed by atoms with Gasteiger partial charge in [-0.3, -0.25) is 9.59 Å². The molecule has 0 heterocycles. The molecule has 1 rings (SSSR count). The molecule has 0 saturated carbocycles. The molecule has 6 nitrogen and oxygen atoms in total. The molecule has 24 heavy (non-hydrogen) atoms. The predicted octanol–water partition coefficient (Wildman–Crippen LogP) is 3.02. The van der Waals surface area contributed by atoms with Gasteiger partial charge in [0.2, 0.25) is 0 Å². The second-order valence-corrected chi connectivity index (χ2v) is 6.06. The number of hydrogen-bond donors (Lipinski definition) is 2. The number of rotatable bonds is 12. The highest BCUT2D eigenvalue weighted by atomic mass is 16.5. The zero-order chi connectivity index (χ0) is 17.8. The third-order valence-corrected chi connectivity index (χ3v) is 4.03. The highest BCUT2D eigenvalue weighted by Gasteiger charge is 2.25. The summed E-state index contributed by atoms with van der Waals surface area (Å²) < 4.78 is 10.0. The van der Waals surface area contributed by atoms with Crippen LogP contribution in [0.25, 0.3) is 0 Å². The molecule has 0 radical (unpaired) electrons. The molecule has 0 fully saturated rings. The highest BCUT2D eigenvalue weighted by Crippen LogP contribution is 2.18. The van der Waals surface area contributed by atoms with Gasteiger partial charge in [0, 0.05) is 18.9 Å². The Bertz CT molecular complexity index is 422. The van der Waals surface area contributed by atoms with Crippen LogP contribution in [0.3, 0.4) is 0 Å². The number of carbonyl (C=O) groups is 2. The van der Waals surface area contributed by atoms with E-state index in [0.717, 1.165) is 32.1 Å². The van der Waals surface area contributed by atoms with E-state index in [1.54, 1.807) is 19.9 Å². The van der Waals surface area contributed by atoms with Crippen molar-refractivity contribution in [2.24, 2.45) is 0 Å². The number of esters is 2. The van der Waals surface area contributed by atoms with Crippen LogP contribution in [0.4, 0.5) is 0 Å². The van der Waals surface area contributed by atoms with E-state index in [1.165, 1.54) is 0 Å². The second-order valence-electron chi connectivity index (χ2n) is 6.06. The summed E-state index contributed by atoms with van der Waals surface area (Å²) in [4.78, 5) is 23.3. The largest absolute Gasteiger partial charge is 0.513 e. The lowest BCUT2D eigenvalue weighted by Gasteiger charge is -2.21. The van der Waals surface area contributed by atoms with Crippen molar-refractivity contribution in [1.82, 2.24) is 5.32 Å². The Balaban J connectivity index is 2.24. The van der Waals surface area contributed by atoms with E-state index >= 15 is 0 Å². The number of ether oxygens (including phenoxy) is 2. The number of aliphatic hydroxyl groups is 1. The molecule has 0 spiro atoms. The van der Waals surface area contributed by atoms with Gasteiger partial charge in [-0.15, -0.1) is 0 Å². The predicted molar refractivity (Wildman–Crippen MR) is 91.6 cm³/mol. The summed E-state index contributed by atoms with van der Waals surface area (Å²) in [6, 6.07) is -0.234. The van der Waals surface area contributed by atoms with Crippen molar-refractivity contribution in [2.75, 3.05) is 13.2 Å². The van der Waals surface area contributed by atoms with Gasteiger partial charge >= 0.3 is 11.9 Å². The third-order valence-electron chi connectivity index (χ3n) is 4.03. The fraction of sp³-hybridized carbons (Fsp3) is 0.778. The van der Waals surface area contributed by atoms with E-state index in [4.69, 9.17) is 9.47 Å². The van der Waals surface area contributed by atoms with Gasteiger partial charge in [0.1, 0.15) is 6.04 Å². The fourth-order valence-electron chi connectivity index (χ4n) is 2.83. The number of unbranched alkanes of at least 4 members (excludes halogenated alkanes) is 3. The first-order chi connectivity index (χ1) is 11.6. The molecule has 0 bridgehead atoms. The van der Waals surface area contributed by atoms with Crippen LogP contribution >= 0.6 is 0 Å². The Morgan fingerprint density at radius 2 is 1.92 bits per heavy atom. The van der Waals surface area contributed by atoms with Crippen LogP contribution in [-0.2, 0) is 19.1 Å². The minimum atomic E-state index is -0.334. The first-order valence-electron chi connectivity index (χ1n) is 9.03. The Hall–Kier alpha value is -1.56. The van der Waals surface area contributed by atoms with Crippen molar-refractivity contribution in [3.05, 3.63) is 11.8 Å². The maximum atomic E-state index is 12.1. The fourth-order valence-corrected chi connectivity index (χ4v) is 2.83. The molecule has 1 aliphatic rings. The minimum absolute atomic E-state index is 0.100. The molecule has 6 heteroatoms. The minimum Gasteiger partial charge on any atom is -0.513 e. The molecule has 0 saturated heterocycles. The van der Waals surface area contributed by atoms with Crippen LogP contribution in [0.1, 0.15) is 65.2 Å². The monoisotopic (exact) mass is 341 g/mol. The van der Waals surface area contributed by atoms with E-state index < -0.39 is 0 Å². The van der Waals surface area contributed by atoms with Crippen molar-refractivity contribution in [3.63, 3.8) is 0 Å². The average Bonchev–Trinajstić information content (AvgIpc) is 2.95. The average molecular weight is 341 g/mol. The second kappa shape index (κ2) is 11.9. The summed E-state index contributed by atoms with van der Waals surface area (Å²) in [5.41, 5.74) is 0. The number of hydrogen-bond acceptors (Lipinski definition) is 6. The summed E-state index contributed by atoms with van der Waals surface area (Å²) in [7, 11) is 0. The summed E-state index contributed by atoms with van der Waals surface area (Å²) in [6.07, 6.45) is 7.87. The maximum absolute atomic E-state index is 12.1. The van der Waals surface area contributed by atoms with E-state index in [9.17, 15) is 14.7 Å². The summed E-state index contributed by atoms with van der Waals surface area (Å²) >= 11 is 0. The molecule has 0 aliphatic heterocycles. The molecule has 0 amide bonds. The van der Waals surface area contributed by atoms with Crippen molar-refractivity contribution in [2.45, 2.75) is 77.3 Å². The van der Waals surface area contributed by atoms with Gasteiger partial charge in [-0.1, -0.05) is 19.3 Å². The van der Waals surface area contributed by atoms with E-state index in [-0.39, 0.29) is 24.0 Å². The first kappa shape index (κ1) is 20.5. The number of aliphatic hydroxyl groups excluding tert-OH is 1. The van der Waals surface area contributed by atoms with Crippen molar-refractivity contribution < 1.29 is 24.2 Å². The molecule has 2 unspecified atom stereocenters. The highest BCUT2D eigenvalue weighted by molar-refractivity contribution is 5.75. The topological polar surface area (TPSA) is 84.9 Å². The number of nitrogens with one attached hydrogen (secondary N) is 1. The number of carbonyl (C=O) groups excluding carboxylic acids is 2. The Kier molecular flexibility index (Phi) is 10.2. The maximum Gasteiger partial charge on any atom is 0.323 e. The summed E-state index contributed by atoms with van der Waals surface area (Å²) in [5, 5.41) is 12.8. The molecule has 0 aromatic rings. The SMILES string of the molecule is CCOC(=O)CCCCCCC(NC1CC=C(O)C1)C(=O)OCC. The molecule has 2 atom stereocenters. The van der Waals surface area contributed by atoms with Crippen molar-refractivity contribution in [3.8, 4) is 0 Å². The van der Waals surface area contributed by atoms with Gasteiger partial charge in [-0.05, 0) is 39.2 Å². The normalized spacial score (nSPS) is 18.1. The van der Waals surface area contributed by atoms with Gasteiger partial charge in [0.25, 0.3) is 0 Å². The molecule has 0 aromatic carbocycles. The van der Waals surface area contributed by atoms with Crippen LogP contribution in [-0.4, -0.2) is 42.3 Å². The smallest absolute Gasteiger partial charge is 0.323 e. The lowest BCUT2D eigenvalue weighted by atomic mass is 10.0. The van der Waals surface area contributed by atoms with Crippen LogP contribution < -0.4 is 5.32 Å². The Morgan fingerprint density at radius 1 is 1.21 bits per heavy atom. The molecular weight excluding hydrogens is 310 g/mol. The zero-order valence-corrected chi connectivity index (χ0v) is 14.9. The third kappa shape index (κ3) is 8.34. The lowest BCUT2D eigenvalue weighted by Crippen LogP contribution is -2.43. The van der Waals surface area contributed by atoms with Crippen LogP contribution in [0, 0.1) is 0 Å². The van der Waals surface area contributed by atoms with Crippen LogP contribution in [0.2, 0.25) is 0 Å². The zero-order valence-electron chi connectivity index (χ0n) is 14.9. The molecule has 0 aromatic heterocycles.